The van der Waals surface area contributed by atoms with Gasteiger partial charge in [-0.3, -0.25) is 9.48 Å². The van der Waals surface area contributed by atoms with Gasteiger partial charge in [0.2, 0.25) is 0 Å². The first-order chi connectivity index (χ1) is 8.97. The largest absolute Gasteiger partial charge is 0.318 e. The Labute approximate surface area is 118 Å². The molecule has 4 nitrogen and oxygen atoms in total. The third-order valence-corrected chi connectivity index (χ3v) is 3.58. The molecule has 1 unspecified atom stereocenters. The van der Waals surface area contributed by atoms with Crippen LogP contribution in [0.5, 0.6) is 0 Å². The molecule has 1 aromatic heterocycles. The Morgan fingerprint density at radius 1 is 1.58 bits per heavy atom. The minimum atomic E-state index is -0.746. The van der Waals surface area contributed by atoms with Gasteiger partial charge >= 0.3 is 0 Å². The highest BCUT2D eigenvalue weighted by atomic mass is 79.9. The number of carbonyl (C=O) groups excluding carboxylic acids is 1. The van der Waals surface area contributed by atoms with Crippen LogP contribution in [0, 0.1) is 5.82 Å². The fourth-order valence-corrected chi connectivity index (χ4v) is 2.15. The van der Waals surface area contributed by atoms with Crippen LogP contribution in [0.2, 0.25) is 0 Å². The van der Waals surface area contributed by atoms with Crippen LogP contribution in [0.25, 0.3) is 0 Å². The lowest BCUT2D eigenvalue weighted by atomic mass is 10.0. The summed E-state index contributed by atoms with van der Waals surface area (Å²) < 4.78 is 15.4. The number of nitrogens with zero attached hydrogens (tertiary/aromatic N) is 2. The average molecular weight is 326 g/mol. The van der Waals surface area contributed by atoms with Crippen molar-refractivity contribution in [2.75, 3.05) is 0 Å². The van der Waals surface area contributed by atoms with Crippen LogP contribution in [0.15, 0.2) is 35.1 Å². The lowest BCUT2D eigenvalue weighted by Gasteiger charge is -2.09. The third kappa shape index (κ3) is 3.27. The summed E-state index contributed by atoms with van der Waals surface area (Å²) in [5, 5.41) is 3.97. The number of aryl methyl sites for hydroxylation is 1. The molecule has 100 valence electrons. The molecule has 0 aliphatic carbocycles. The maximum Gasteiger partial charge on any atom is 0.158 e. The predicted molar refractivity (Wildman–Crippen MR) is 72.9 cm³/mol. The predicted octanol–water partition coefficient (Wildman–Crippen LogP) is 2.13. The molecule has 19 heavy (non-hydrogen) atoms. The summed E-state index contributed by atoms with van der Waals surface area (Å²) >= 11 is 3.29. The molecule has 1 heterocycles. The van der Waals surface area contributed by atoms with Gasteiger partial charge in [0.05, 0.1) is 12.2 Å². The fourth-order valence-electron chi connectivity index (χ4n) is 1.76. The number of hydrogen-bond donors (Lipinski definition) is 1. The van der Waals surface area contributed by atoms with Crippen molar-refractivity contribution in [1.82, 2.24) is 9.78 Å². The molecule has 0 spiro atoms. The molecule has 1 aromatic carbocycles. The van der Waals surface area contributed by atoms with Crippen molar-refractivity contribution in [3.63, 3.8) is 0 Å². The quantitative estimate of drug-likeness (QED) is 0.936. The highest BCUT2D eigenvalue weighted by Gasteiger charge is 2.18. The second-order valence-electron chi connectivity index (χ2n) is 4.30. The second-order valence-corrected chi connectivity index (χ2v) is 5.16. The summed E-state index contributed by atoms with van der Waals surface area (Å²) in [5.41, 5.74) is 7.12. The van der Waals surface area contributed by atoms with Crippen molar-refractivity contribution < 1.29 is 9.18 Å². The van der Waals surface area contributed by atoms with E-state index in [1.165, 1.54) is 12.1 Å². The van der Waals surface area contributed by atoms with Crippen molar-refractivity contribution in [2.24, 2.45) is 12.8 Å². The van der Waals surface area contributed by atoms with Crippen LogP contribution in [0.3, 0.4) is 0 Å². The molecule has 0 fully saturated rings. The average Bonchev–Trinajstić information content (AvgIpc) is 2.79. The number of halogens is 2. The van der Waals surface area contributed by atoms with Gasteiger partial charge in [-0.1, -0.05) is 15.9 Å². The summed E-state index contributed by atoms with van der Waals surface area (Å²) in [6.45, 7) is 0. The number of carbonyl (C=O) groups is 1. The minimum Gasteiger partial charge on any atom is -0.318 e. The topological polar surface area (TPSA) is 60.9 Å². The number of hydrogen-bond acceptors (Lipinski definition) is 3. The molecule has 2 aromatic rings. The smallest absolute Gasteiger partial charge is 0.158 e. The van der Waals surface area contributed by atoms with Crippen LogP contribution in [-0.2, 0) is 18.3 Å². The van der Waals surface area contributed by atoms with Gasteiger partial charge in [-0.25, -0.2) is 4.39 Å². The van der Waals surface area contributed by atoms with E-state index in [1.54, 1.807) is 30.2 Å². The Bertz CT molecular complexity index is 612. The van der Waals surface area contributed by atoms with E-state index in [-0.39, 0.29) is 18.0 Å². The number of benzene rings is 1. The maximum atomic E-state index is 13.1. The van der Waals surface area contributed by atoms with Crippen molar-refractivity contribution in [3.8, 4) is 0 Å². The molecule has 0 radical (unpaired) electrons. The van der Waals surface area contributed by atoms with Gasteiger partial charge in [-0.2, -0.15) is 5.10 Å². The van der Waals surface area contributed by atoms with Crippen LogP contribution in [0.1, 0.15) is 17.2 Å². The standard InChI is InChI=1S/C13H13BrFN3O/c1-18-7-9(6-17-18)13(16)12(19)5-8-4-10(15)2-3-11(8)14/h2-4,6-7,13H,5,16H2,1H3. The number of ketones is 1. The zero-order valence-electron chi connectivity index (χ0n) is 10.3. The third-order valence-electron chi connectivity index (χ3n) is 2.80. The van der Waals surface area contributed by atoms with E-state index in [9.17, 15) is 9.18 Å². The van der Waals surface area contributed by atoms with Gasteiger partial charge in [0.15, 0.2) is 5.78 Å². The summed E-state index contributed by atoms with van der Waals surface area (Å²) in [7, 11) is 1.75. The van der Waals surface area contributed by atoms with Crippen LogP contribution >= 0.6 is 15.9 Å². The maximum absolute atomic E-state index is 13.1. The Morgan fingerprint density at radius 2 is 2.32 bits per heavy atom. The van der Waals surface area contributed by atoms with Gasteiger partial charge in [-0.05, 0) is 23.8 Å². The molecule has 6 heteroatoms. The summed E-state index contributed by atoms with van der Waals surface area (Å²) in [6.07, 6.45) is 3.33. The molecule has 0 saturated carbocycles. The molecule has 2 rings (SSSR count). The summed E-state index contributed by atoms with van der Waals surface area (Å²) in [5.74, 6) is -0.555. The van der Waals surface area contributed by atoms with E-state index < -0.39 is 6.04 Å². The van der Waals surface area contributed by atoms with Crippen molar-refractivity contribution in [1.29, 1.82) is 0 Å². The molecule has 2 N–H and O–H groups in total. The molecule has 0 amide bonds. The van der Waals surface area contributed by atoms with Crippen LogP contribution in [0.4, 0.5) is 4.39 Å². The lowest BCUT2D eigenvalue weighted by molar-refractivity contribution is -0.119. The highest BCUT2D eigenvalue weighted by Crippen LogP contribution is 2.21. The number of aromatic nitrogens is 2. The van der Waals surface area contributed by atoms with Gasteiger partial charge in [0.1, 0.15) is 5.82 Å². The van der Waals surface area contributed by atoms with Crippen molar-refractivity contribution >= 4 is 21.7 Å². The van der Waals surface area contributed by atoms with Crippen molar-refractivity contribution in [2.45, 2.75) is 12.5 Å². The number of rotatable bonds is 4. The number of Topliss-reactive ketones (excluding diaryl/α,β-unsaturated/α-hetero) is 1. The molecule has 0 saturated heterocycles. The monoisotopic (exact) mass is 325 g/mol. The van der Waals surface area contributed by atoms with E-state index in [1.807, 2.05) is 0 Å². The van der Waals surface area contributed by atoms with Crippen LogP contribution < -0.4 is 5.73 Å². The molecular formula is C13H13BrFN3O. The first-order valence-corrected chi connectivity index (χ1v) is 6.47. The summed E-state index contributed by atoms with van der Waals surface area (Å²) in [6, 6.07) is 3.49. The number of nitrogens with two attached hydrogens (primary N) is 1. The van der Waals surface area contributed by atoms with E-state index in [0.29, 0.717) is 15.6 Å². The van der Waals surface area contributed by atoms with Gasteiger partial charge < -0.3 is 5.73 Å². The zero-order valence-corrected chi connectivity index (χ0v) is 11.9. The van der Waals surface area contributed by atoms with E-state index in [2.05, 4.69) is 21.0 Å². The van der Waals surface area contributed by atoms with E-state index >= 15 is 0 Å². The van der Waals surface area contributed by atoms with Gasteiger partial charge in [-0.15, -0.1) is 0 Å². The molecular weight excluding hydrogens is 313 g/mol. The lowest BCUT2D eigenvalue weighted by Crippen LogP contribution is -2.23. The Morgan fingerprint density at radius 3 is 2.95 bits per heavy atom. The first kappa shape index (κ1) is 13.9. The van der Waals surface area contributed by atoms with Crippen LogP contribution in [-0.4, -0.2) is 15.6 Å². The fraction of sp³-hybridized carbons (Fsp3) is 0.231. The summed E-state index contributed by atoms with van der Waals surface area (Å²) in [4.78, 5) is 12.1. The normalized spacial score (nSPS) is 12.4. The molecule has 0 bridgehead atoms. The SMILES string of the molecule is Cn1cc(C(N)C(=O)Cc2cc(F)ccc2Br)cn1. The minimum absolute atomic E-state index is 0.0778. The van der Waals surface area contributed by atoms with Gasteiger partial charge in [0, 0.05) is 29.7 Å². The van der Waals surface area contributed by atoms with E-state index in [4.69, 9.17) is 5.73 Å². The zero-order chi connectivity index (χ0) is 14.0. The molecule has 0 aliphatic heterocycles. The van der Waals surface area contributed by atoms with Gasteiger partial charge in [0.25, 0.3) is 0 Å². The first-order valence-electron chi connectivity index (χ1n) is 5.68. The van der Waals surface area contributed by atoms with Crippen molar-refractivity contribution in [3.05, 3.63) is 52.0 Å². The molecule has 1 atom stereocenters. The Kier molecular flexibility index (Phi) is 4.11. The second kappa shape index (κ2) is 5.63. The highest BCUT2D eigenvalue weighted by molar-refractivity contribution is 9.10. The van der Waals surface area contributed by atoms with E-state index in [0.717, 1.165) is 0 Å². The Hall–Kier alpha value is -1.53. The molecule has 0 aliphatic rings. The Balaban J connectivity index is 2.14.